The molecule has 0 bridgehead atoms. The van der Waals surface area contributed by atoms with Crippen molar-refractivity contribution in [3.8, 4) is 0 Å². The van der Waals surface area contributed by atoms with Crippen molar-refractivity contribution in [1.29, 1.82) is 0 Å². The second-order valence-corrected chi connectivity index (χ2v) is 7.62. The van der Waals surface area contributed by atoms with Gasteiger partial charge < -0.3 is 5.32 Å². The molecule has 0 atom stereocenters. The molecule has 0 unspecified atom stereocenters. The number of amides is 1. The SMILES string of the molecule is CCc1c(C)sc2nc(C)nc(SCC(=O)Nc3ccccc3)c12. The summed E-state index contributed by atoms with van der Waals surface area (Å²) in [5.41, 5.74) is 2.11. The van der Waals surface area contributed by atoms with E-state index in [0.29, 0.717) is 5.75 Å². The normalized spacial score (nSPS) is 11.0. The van der Waals surface area contributed by atoms with Gasteiger partial charge in [0.25, 0.3) is 0 Å². The third-order valence-corrected chi connectivity index (χ3v) is 5.70. The van der Waals surface area contributed by atoms with Crippen LogP contribution in [0.3, 0.4) is 0 Å². The van der Waals surface area contributed by atoms with E-state index in [9.17, 15) is 4.79 Å². The standard InChI is InChI=1S/C18H19N3OS2/c1-4-14-11(2)24-18-16(14)17(19-12(3)20-18)23-10-15(22)21-13-8-6-5-7-9-13/h5-9H,4,10H2,1-3H3,(H,21,22). The fraction of sp³-hybridized carbons (Fsp3) is 0.278. The predicted octanol–water partition coefficient (Wildman–Crippen LogP) is 4.60. The molecule has 124 valence electrons. The lowest BCUT2D eigenvalue weighted by molar-refractivity contribution is -0.113. The number of anilines is 1. The number of nitrogens with zero attached hydrogens (tertiary/aromatic N) is 2. The van der Waals surface area contributed by atoms with Crippen LogP contribution in [0.5, 0.6) is 0 Å². The van der Waals surface area contributed by atoms with E-state index in [4.69, 9.17) is 0 Å². The zero-order valence-electron chi connectivity index (χ0n) is 13.9. The van der Waals surface area contributed by atoms with Crippen LogP contribution in [-0.4, -0.2) is 21.6 Å². The number of carbonyl (C=O) groups excluding carboxylic acids is 1. The Balaban J connectivity index is 1.81. The number of aryl methyl sites for hydroxylation is 3. The minimum atomic E-state index is -0.0272. The summed E-state index contributed by atoms with van der Waals surface area (Å²) in [4.78, 5) is 23.6. The van der Waals surface area contributed by atoms with Gasteiger partial charge in [0, 0.05) is 16.0 Å². The quantitative estimate of drug-likeness (QED) is 0.535. The van der Waals surface area contributed by atoms with E-state index < -0.39 is 0 Å². The van der Waals surface area contributed by atoms with Crippen molar-refractivity contribution in [2.75, 3.05) is 11.1 Å². The molecule has 0 fully saturated rings. The average Bonchev–Trinajstić information content (AvgIpc) is 2.88. The van der Waals surface area contributed by atoms with E-state index >= 15 is 0 Å². The third kappa shape index (κ3) is 3.60. The molecule has 6 heteroatoms. The maximum absolute atomic E-state index is 12.2. The van der Waals surface area contributed by atoms with E-state index in [2.05, 4.69) is 29.1 Å². The molecular weight excluding hydrogens is 338 g/mol. The minimum absolute atomic E-state index is 0.0272. The van der Waals surface area contributed by atoms with Crippen LogP contribution in [0.25, 0.3) is 10.2 Å². The highest BCUT2D eigenvalue weighted by atomic mass is 32.2. The third-order valence-electron chi connectivity index (χ3n) is 3.68. The van der Waals surface area contributed by atoms with Gasteiger partial charge in [-0.05, 0) is 38.0 Å². The number of thioether (sulfide) groups is 1. The summed E-state index contributed by atoms with van der Waals surface area (Å²) in [5.74, 6) is 1.05. The number of hydrogen-bond donors (Lipinski definition) is 1. The van der Waals surface area contributed by atoms with Gasteiger partial charge in [-0.25, -0.2) is 9.97 Å². The van der Waals surface area contributed by atoms with Gasteiger partial charge in [0.05, 0.1) is 5.75 Å². The molecule has 24 heavy (non-hydrogen) atoms. The Morgan fingerprint density at radius 1 is 1.21 bits per heavy atom. The molecule has 3 rings (SSSR count). The monoisotopic (exact) mass is 357 g/mol. The molecule has 0 aliphatic heterocycles. The van der Waals surface area contributed by atoms with E-state index in [1.54, 1.807) is 11.3 Å². The minimum Gasteiger partial charge on any atom is -0.325 e. The lowest BCUT2D eigenvalue weighted by Gasteiger charge is -2.07. The summed E-state index contributed by atoms with van der Waals surface area (Å²) in [6.07, 6.45) is 0.946. The molecule has 0 radical (unpaired) electrons. The molecule has 2 aromatic heterocycles. The van der Waals surface area contributed by atoms with Crippen molar-refractivity contribution in [1.82, 2.24) is 9.97 Å². The van der Waals surface area contributed by atoms with Crippen LogP contribution in [0.4, 0.5) is 5.69 Å². The lowest BCUT2D eigenvalue weighted by atomic mass is 10.1. The maximum Gasteiger partial charge on any atom is 0.234 e. The number of nitrogens with one attached hydrogen (secondary N) is 1. The van der Waals surface area contributed by atoms with Gasteiger partial charge in [0.1, 0.15) is 15.7 Å². The molecule has 3 aromatic rings. The van der Waals surface area contributed by atoms with Crippen LogP contribution >= 0.6 is 23.1 Å². The van der Waals surface area contributed by atoms with Crippen molar-refractivity contribution in [2.45, 2.75) is 32.2 Å². The molecule has 0 saturated carbocycles. The van der Waals surface area contributed by atoms with Crippen LogP contribution in [0.2, 0.25) is 0 Å². The number of thiophene rings is 1. The number of fused-ring (bicyclic) bond motifs is 1. The molecule has 0 aliphatic carbocycles. The molecule has 4 nitrogen and oxygen atoms in total. The smallest absolute Gasteiger partial charge is 0.234 e. The Hall–Kier alpha value is -1.92. The molecule has 1 N–H and O–H groups in total. The van der Waals surface area contributed by atoms with E-state index in [1.165, 1.54) is 22.2 Å². The van der Waals surface area contributed by atoms with Crippen LogP contribution in [0.1, 0.15) is 23.2 Å². The average molecular weight is 358 g/mol. The first-order valence-electron chi connectivity index (χ1n) is 7.82. The molecular formula is C18H19N3OS2. The van der Waals surface area contributed by atoms with Gasteiger partial charge in [-0.3, -0.25) is 4.79 Å². The summed E-state index contributed by atoms with van der Waals surface area (Å²) in [6.45, 7) is 6.16. The predicted molar refractivity (Wildman–Crippen MR) is 102 cm³/mol. The van der Waals surface area contributed by atoms with Gasteiger partial charge in [-0.2, -0.15) is 0 Å². The first kappa shape index (κ1) is 16.9. The van der Waals surface area contributed by atoms with Crippen molar-refractivity contribution in [2.24, 2.45) is 0 Å². The van der Waals surface area contributed by atoms with Crippen molar-refractivity contribution in [3.05, 3.63) is 46.6 Å². The van der Waals surface area contributed by atoms with Crippen LogP contribution in [0, 0.1) is 13.8 Å². The van der Waals surface area contributed by atoms with Crippen LogP contribution in [-0.2, 0) is 11.2 Å². The zero-order valence-corrected chi connectivity index (χ0v) is 15.6. The van der Waals surface area contributed by atoms with E-state index in [0.717, 1.165) is 33.2 Å². The van der Waals surface area contributed by atoms with E-state index in [-0.39, 0.29) is 5.91 Å². The van der Waals surface area contributed by atoms with Crippen molar-refractivity contribution >= 4 is 44.9 Å². The number of benzene rings is 1. The Kier molecular flexibility index (Phi) is 5.16. The highest BCUT2D eigenvalue weighted by Gasteiger charge is 2.16. The number of para-hydroxylation sites is 1. The van der Waals surface area contributed by atoms with Gasteiger partial charge >= 0.3 is 0 Å². The number of rotatable bonds is 5. The fourth-order valence-corrected chi connectivity index (χ4v) is 4.74. The summed E-state index contributed by atoms with van der Waals surface area (Å²) >= 11 is 3.18. The number of aromatic nitrogens is 2. The molecule has 0 saturated heterocycles. The highest BCUT2D eigenvalue weighted by molar-refractivity contribution is 8.00. The molecule has 0 aliphatic rings. The fourth-order valence-electron chi connectivity index (χ4n) is 2.62. The summed E-state index contributed by atoms with van der Waals surface area (Å²) < 4.78 is 0. The molecule has 1 aromatic carbocycles. The second kappa shape index (κ2) is 7.32. The Labute approximate surface area is 149 Å². The van der Waals surface area contributed by atoms with Crippen molar-refractivity contribution < 1.29 is 4.79 Å². The van der Waals surface area contributed by atoms with E-state index in [1.807, 2.05) is 37.3 Å². The number of hydrogen-bond acceptors (Lipinski definition) is 5. The summed E-state index contributed by atoms with van der Waals surface area (Å²) in [6, 6.07) is 9.50. The topological polar surface area (TPSA) is 54.9 Å². The molecule has 0 spiro atoms. The molecule has 1 amide bonds. The van der Waals surface area contributed by atoms with Gasteiger partial charge in [-0.15, -0.1) is 11.3 Å². The Morgan fingerprint density at radius 3 is 2.67 bits per heavy atom. The van der Waals surface area contributed by atoms with Gasteiger partial charge in [0.15, 0.2) is 0 Å². The van der Waals surface area contributed by atoms with Gasteiger partial charge in [-0.1, -0.05) is 36.9 Å². The van der Waals surface area contributed by atoms with Crippen LogP contribution < -0.4 is 5.32 Å². The number of carbonyl (C=O) groups is 1. The second-order valence-electron chi connectivity index (χ2n) is 5.45. The first-order chi connectivity index (χ1) is 11.6. The maximum atomic E-state index is 12.2. The largest absolute Gasteiger partial charge is 0.325 e. The Bertz CT molecular complexity index is 875. The Morgan fingerprint density at radius 2 is 1.96 bits per heavy atom. The zero-order chi connectivity index (χ0) is 17.1. The highest BCUT2D eigenvalue weighted by Crippen LogP contribution is 2.35. The van der Waals surface area contributed by atoms with Gasteiger partial charge in [0.2, 0.25) is 5.91 Å². The summed E-state index contributed by atoms with van der Waals surface area (Å²) in [5, 5.41) is 4.93. The first-order valence-corrected chi connectivity index (χ1v) is 9.63. The summed E-state index contributed by atoms with van der Waals surface area (Å²) in [7, 11) is 0. The lowest BCUT2D eigenvalue weighted by Crippen LogP contribution is -2.14. The molecule has 2 heterocycles. The van der Waals surface area contributed by atoms with Crippen LogP contribution in [0.15, 0.2) is 35.4 Å². The van der Waals surface area contributed by atoms with Crippen molar-refractivity contribution in [3.63, 3.8) is 0 Å².